The monoisotopic (exact) mass is 258 g/mol. The molecule has 0 amide bonds. The van der Waals surface area contributed by atoms with E-state index in [1.165, 1.54) is 38.5 Å². The van der Waals surface area contributed by atoms with E-state index in [4.69, 9.17) is 0 Å². The summed E-state index contributed by atoms with van der Waals surface area (Å²) in [6, 6.07) is 3.74. The Balaban J connectivity index is 1.76. The highest BCUT2D eigenvalue weighted by Gasteiger charge is 2.37. The van der Waals surface area contributed by atoms with Crippen molar-refractivity contribution in [1.82, 2.24) is 4.98 Å². The van der Waals surface area contributed by atoms with Crippen LogP contribution in [-0.4, -0.2) is 23.9 Å². The van der Waals surface area contributed by atoms with Crippen LogP contribution in [0.1, 0.15) is 55.8 Å². The van der Waals surface area contributed by atoms with Gasteiger partial charge in [0.05, 0.1) is 5.56 Å². The van der Waals surface area contributed by atoms with Gasteiger partial charge in [0.2, 0.25) is 0 Å². The van der Waals surface area contributed by atoms with E-state index >= 15 is 0 Å². The first kappa shape index (κ1) is 12.6. The van der Waals surface area contributed by atoms with Crippen molar-refractivity contribution in [2.75, 3.05) is 18.0 Å². The highest BCUT2D eigenvalue weighted by Crippen LogP contribution is 2.46. The molecule has 2 fully saturated rings. The number of Topliss-reactive ketones (excluding diaryl/α,β-unsaturated/α-hetero) is 1. The lowest BCUT2D eigenvalue weighted by molar-refractivity contribution is 0.101. The van der Waals surface area contributed by atoms with E-state index in [1.807, 2.05) is 12.1 Å². The van der Waals surface area contributed by atoms with Crippen LogP contribution < -0.4 is 4.90 Å². The Morgan fingerprint density at radius 1 is 1.21 bits per heavy atom. The van der Waals surface area contributed by atoms with Crippen LogP contribution in [0.3, 0.4) is 0 Å². The maximum Gasteiger partial charge on any atom is 0.163 e. The van der Waals surface area contributed by atoms with Gasteiger partial charge in [0.15, 0.2) is 5.78 Å². The number of nitrogens with zero attached hydrogens (tertiary/aromatic N) is 2. The van der Waals surface area contributed by atoms with Gasteiger partial charge in [0.25, 0.3) is 0 Å². The van der Waals surface area contributed by atoms with Gasteiger partial charge in [-0.05, 0) is 50.2 Å². The molecular weight excluding hydrogens is 236 g/mol. The summed E-state index contributed by atoms with van der Waals surface area (Å²) < 4.78 is 0. The van der Waals surface area contributed by atoms with Crippen LogP contribution in [0, 0.1) is 5.41 Å². The molecule has 1 aliphatic heterocycles. The summed E-state index contributed by atoms with van der Waals surface area (Å²) in [5.41, 5.74) is 1.38. The Kier molecular flexibility index (Phi) is 3.29. The van der Waals surface area contributed by atoms with E-state index in [1.54, 1.807) is 13.1 Å². The van der Waals surface area contributed by atoms with Crippen molar-refractivity contribution in [3.63, 3.8) is 0 Å². The molecule has 1 spiro atoms. The normalized spacial score (nSPS) is 21.8. The lowest BCUT2D eigenvalue weighted by Crippen LogP contribution is -2.39. The fourth-order valence-corrected chi connectivity index (χ4v) is 3.74. The van der Waals surface area contributed by atoms with Crippen LogP contribution in [-0.2, 0) is 0 Å². The van der Waals surface area contributed by atoms with E-state index in [9.17, 15) is 4.79 Å². The topological polar surface area (TPSA) is 33.2 Å². The Labute approximate surface area is 115 Å². The molecule has 0 radical (unpaired) electrons. The van der Waals surface area contributed by atoms with Crippen molar-refractivity contribution in [2.24, 2.45) is 5.41 Å². The van der Waals surface area contributed by atoms with Crippen molar-refractivity contribution >= 4 is 11.6 Å². The summed E-state index contributed by atoms with van der Waals surface area (Å²) in [6.45, 7) is 3.73. The van der Waals surface area contributed by atoms with Crippen LogP contribution in [0.5, 0.6) is 0 Å². The van der Waals surface area contributed by atoms with Crippen LogP contribution >= 0.6 is 0 Å². The maximum atomic E-state index is 11.7. The predicted octanol–water partition coefficient (Wildman–Crippen LogP) is 3.44. The molecule has 1 aliphatic carbocycles. The van der Waals surface area contributed by atoms with E-state index in [0.29, 0.717) is 5.41 Å². The number of piperidine rings is 1. The van der Waals surface area contributed by atoms with Crippen LogP contribution in [0.2, 0.25) is 0 Å². The molecule has 102 valence electrons. The van der Waals surface area contributed by atoms with Crippen molar-refractivity contribution in [3.05, 3.63) is 23.9 Å². The van der Waals surface area contributed by atoms with E-state index in [2.05, 4.69) is 9.88 Å². The zero-order chi connectivity index (χ0) is 13.3. The zero-order valence-corrected chi connectivity index (χ0v) is 11.7. The molecule has 1 aromatic heterocycles. The molecular formula is C16H22N2O. The third-order valence-corrected chi connectivity index (χ3v) is 4.95. The van der Waals surface area contributed by atoms with E-state index in [0.717, 1.165) is 24.5 Å². The quantitative estimate of drug-likeness (QED) is 0.762. The standard InChI is InChI=1S/C16H22N2O/c1-13(19)14-5-4-10-17-15(14)18-11-8-16(9-12-18)6-2-3-7-16/h4-5,10H,2-3,6-9,11-12H2,1H3. The fraction of sp³-hybridized carbons (Fsp3) is 0.625. The smallest absolute Gasteiger partial charge is 0.163 e. The minimum absolute atomic E-state index is 0.115. The molecule has 0 unspecified atom stereocenters. The third kappa shape index (κ3) is 2.38. The second-order valence-electron chi connectivity index (χ2n) is 6.12. The van der Waals surface area contributed by atoms with Crippen molar-refractivity contribution in [3.8, 4) is 0 Å². The molecule has 0 atom stereocenters. The molecule has 3 rings (SSSR count). The minimum atomic E-state index is 0.115. The molecule has 1 saturated heterocycles. The number of carbonyl (C=O) groups excluding carboxylic acids is 1. The highest BCUT2D eigenvalue weighted by atomic mass is 16.1. The van der Waals surface area contributed by atoms with Crippen molar-refractivity contribution < 1.29 is 4.79 Å². The summed E-state index contributed by atoms with van der Waals surface area (Å²) in [6.07, 6.45) is 9.94. The first-order chi connectivity index (χ1) is 9.20. The largest absolute Gasteiger partial charge is 0.356 e. The second-order valence-corrected chi connectivity index (χ2v) is 6.12. The van der Waals surface area contributed by atoms with Crippen molar-refractivity contribution in [2.45, 2.75) is 45.4 Å². The maximum absolute atomic E-state index is 11.7. The predicted molar refractivity (Wildman–Crippen MR) is 76.6 cm³/mol. The van der Waals surface area contributed by atoms with Gasteiger partial charge in [-0.25, -0.2) is 4.98 Å². The average Bonchev–Trinajstić information content (AvgIpc) is 2.88. The van der Waals surface area contributed by atoms with Crippen LogP contribution in [0.4, 0.5) is 5.82 Å². The van der Waals surface area contributed by atoms with Crippen LogP contribution in [0.15, 0.2) is 18.3 Å². The molecule has 0 aromatic carbocycles. The van der Waals surface area contributed by atoms with Gasteiger partial charge < -0.3 is 4.90 Å². The molecule has 19 heavy (non-hydrogen) atoms. The minimum Gasteiger partial charge on any atom is -0.356 e. The molecule has 1 saturated carbocycles. The number of pyridine rings is 1. The average molecular weight is 258 g/mol. The van der Waals surface area contributed by atoms with Crippen molar-refractivity contribution in [1.29, 1.82) is 0 Å². The summed E-state index contributed by atoms with van der Waals surface area (Å²) in [4.78, 5) is 18.4. The van der Waals surface area contributed by atoms with E-state index < -0.39 is 0 Å². The number of rotatable bonds is 2. The van der Waals surface area contributed by atoms with Gasteiger partial charge in [0, 0.05) is 19.3 Å². The molecule has 0 bridgehead atoms. The number of carbonyl (C=O) groups is 1. The third-order valence-electron chi connectivity index (χ3n) is 4.95. The molecule has 3 nitrogen and oxygen atoms in total. The first-order valence-corrected chi connectivity index (χ1v) is 7.41. The Morgan fingerprint density at radius 2 is 1.89 bits per heavy atom. The number of aromatic nitrogens is 1. The number of ketones is 1. The summed E-state index contributed by atoms with van der Waals surface area (Å²) in [7, 11) is 0. The molecule has 3 heteroatoms. The number of hydrogen-bond acceptors (Lipinski definition) is 3. The van der Waals surface area contributed by atoms with Gasteiger partial charge in [-0.2, -0.15) is 0 Å². The summed E-state index contributed by atoms with van der Waals surface area (Å²) in [5.74, 6) is 1.01. The fourth-order valence-electron chi connectivity index (χ4n) is 3.74. The number of anilines is 1. The Morgan fingerprint density at radius 3 is 2.53 bits per heavy atom. The second kappa shape index (κ2) is 4.95. The van der Waals surface area contributed by atoms with E-state index in [-0.39, 0.29) is 5.78 Å². The Hall–Kier alpha value is -1.38. The SMILES string of the molecule is CC(=O)c1cccnc1N1CCC2(CCCC2)CC1. The van der Waals surface area contributed by atoms with Gasteiger partial charge >= 0.3 is 0 Å². The molecule has 1 aromatic rings. The number of hydrogen-bond donors (Lipinski definition) is 0. The van der Waals surface area contributed by atoms with Gasteiger partial charge in [-0.15, -0.1) is 0 Å². The molecule has 2 aliphatic rings. The Bertz CT molecular complexity index is 467. The molecule has 2 heterocycles. The summed E-state index contributed by atoms with van der Waals surface area (Å²) >= 11 is 0. The lowest BCUT2D eigenvalue weighted by atomic mass is 9.77. The van der Waals surface area contributed by atoms with Gasteiger partial charge in [-0.3, -0.25) is 4.79 Å². The van der Waals surface area contributed by atoms with Gasteiger partial charge in [-0.1, -0.05) is 12.8 Å². The highest BCUT2D eigenvalue weighted by molar-refractivity contribution is 5.98. The zero-order valence-electron chi connectivity index (χ0n) is 11.7. The summed E-state index contributed by atoms with van der Waals surface area (Å²) in [5, 5.41) is 0. The molecule has 0 N–H and O–H groups in total. The van der Waals surface area contributed by atoms with Crippen LogP contribution in [0.25, 0.3) is 0 Å². The first-order valence-electron chi connectivity index (χ1n) is 7.41. The van der Waals surface area contributed by atoms with Gasteiger partial charge in [0.1, 0.15) is 5.82 Å². The lowest BCUT2D eigenvalue weighted by Gasteiger charge is -2.40.